The monoisotopic (exact) mass is 288 g/mol. The SMILES string of the molecule is O=C(CCc1cccnc1)NC1C2CCC(C2)C1C(=O)O. The largest absolute Gasteiger partial charge is 0.481 e. The van der Waals surface area contributed by atoms with Crippen molar-refractivity contribution in [2.75, 3.05) is 0 Å². The number of pyridine rings is 1. The average molecular weight is 288 g/mol. The van der Waals surface area contributed by atoms with Gasteiger partial charge in [-0.3, -0.25) is 14.6 Å². The summed E-state index contributed by atoms with van der Waals surface area (Å²) in [5, 5.41) is 12.3. The van der Waals surface area contributed by atoms with Crippen LogP contribution in [0.25, 0.3) is 0 Å². The van der Waals surface area contributed by atoms with Crippen LogP contribution in [-0.4, -0.2) is 28.0 Å². The van der Waals surface area contributed by atoms with Crippen LogP contribution in [0.5, 0.6) is 0 Å². The summed E-state index contributed by atoms with van der Waals surface area (Å²) in [5.41, 5.74) is 1.02. The van der Waals surface area contributed by atoms with Gasteiger partial charge in [0.15, 0.2) is 0 Å². The molecule has 5 nitrogen and oxygen atoms in total. The number of carbonyl (C=O) groups is 2. The van der Waals surface area contributed by atoms with Crippen LogP contribution in [0.3, 0.4) is 0 Å². The highest BCUT2D eigenvalue weighted by Crippen LogP contribution is 2.48. The number of carboxylic acids is 1. The van der Waals surface area contributed by atoms with Crippen molar-refractivity contribution in [1.82, 2.24) is 10.3 Å². The topological polar surface area (TPSA) is 79.3 Å². The number of carboxylic acid groups (broad SMARTS) is 1. The van der Waals surface area contributed by atoms with E-state index in [0.717, 1.165) is 24.8 Å². The Bertz CT molecular complexity index is 532. The lowest BCUT2D eigenvalue weighted by Gasteiger charge is -2.28. The van der Waals surface area contributed by atoms with Gasteiger partial charge in [0.1, 0.15) is 0 Å². The van der Waals surface area contributed by atoms with Crippen LogP contribution in [0.4, 0.5) is 0 Å². The number of carbonyl (C=O) groups excluding carboxylic acids is 1. The minimum atomic E-state index is -0.764. The van der Waals surface area contributed by atoms with E-state index in [1.54, 1.807) is 12.4 Å². The molecular weight excluding hydrogens is 268 g/mol. The summed E-state index contributed by atoms with van der Waals surface area (Å²) >= 11 is 0. The minimum absolute atomic E-state index is 0.0531. The second kappa shape index (κ2) is 5.84. The molecule has 2 bridgehead atoms. The Morgan fingerprint density at radius 1 is 1.33 bits per heavy atom. The first-order chi connectivity index (χ1) is 10.1. The maximum Gasteiger partial charge on any atom is 0.308 e. The Hall–Kier alpha value is -1.91. The molecule has 0 radical (unpaired) electrons. The average Bonchev–Trinajstić information content (AvgIpc) is 3.07. The molecular formula is C16H20N2O3. The van der Waals surface area contributed by atoms with E-state index < -0.39 is 11.9 Å². The lowest BCUT2D eigenvalue weighted by molar-refractivity contribution is -0.144. The number of rotatable bonds is 5. The van der Waals surface area contributed by atoms with Crippen LogP contribution in [0, 0.1) is 17.8 Å². The van der Waals surface area contributed by atoms with Crippen molar-refractivity contribution >= 4 is 11.9 Å². The third kappa shape index (κ3) is 2.91. The lowest BCUT2D eigenvalue weighted by atomic mass is 9.84. The number of nitrogens with one attached hydrogen (secondary N) is 1. The van der Waals surface area contributed by atoms with Gasteiger partial charge in [-0.1, -0.05) is 6.07 Å². The summed E-state index contributed by atoms with van der Waals surface area (Å²) in [6.45, 7) is 0. The second-order valence-electron chi connectivity index (χ2n) is 6.15. The molecule has 0 aliphatic heterocycles. The standard InChI is InChI=1S/C16H20N2O3/c19-13(6-3-10-2-1-7-17-9-10)18-15-12-5-4-11(8-12)14(15)16(20)21/h1-2,7,9,11-12,14-15H,3-6,8H2,(H,18,19)(H,20,21). The first kappa shape index (κ1) is 14.0. The molecule has 0 saturated heterocycles. The van der Waals surface area contributed by atoms with Gasteiger partial charge in [0.05, 0.1) is 5.92 Å². The van der Waals surface area contributed by atoms with Crippen molar-refractivity contribution in [2.24, 2.45) is 17.8 Å². The summed E-state index contributed by atoms with van der Waals surface area (Å²) in [6.07, 6.45) is 7.46. The van der Waals surface area contributed by atoms with Crippen LogP contribution < -0.4 is 5.32 Å². The number of amides is 1. The van der Waals surface area contributed by atoms with Crippen molar-refractivity contribution in [2.45, 2.75) is 38.1 Å². The third-order valence-electron chi connectivity index (χ3n) is 4.89. The second-order valence-corrected chi connectivity index (χ2v) is 6.15. The predicted octanol–water partition coefficient (Wildman–Crippen LogP) is 1.63. The van der Waals surface area contributed by atoms with Crippen LogP contribution in [-0.2, 0) is 16.0 Å². The molecule has 2 aliphatic rings. The molecule has 2 N–H and O–H groups in total. The van der Waals surface area contributed by atoms with Gasteiger partial charge in [0, 0.05) is 24.9 Å². The lowest BCUT2D eigenvalue weighted by Crippen LogP contribution is -2.46. The van der Waals surface area contributed by atoms with Crippen molar-refractivity contribution in [3.05, 3.63) is 30.1 Å². The summed E-state index contributed by atoms with van der Waals surface area (Å²) in [4.78, 5) is 27.5. The Balaban J connectivity index is 1.56. The molecule has 2 aliphatic carbocycles. The molecule has 2 saturated carbocycles. The van der Waals surface area contributed by atoms with Gasteiger partial charge in [-0.2, -0.15) is 0 Å². The zero-order chi connectivity index (χ0) is 14.8. The molecule has 1 heterocycles. The molecule has 0 spiro atoms. The fourth-order valence-electron chi connectivity index (χ4n) is 3.92. The van der Waals surface area contributed by atoms with Crippen molar-refractivity contribution in [3.8, 4) is 0 Å². The zero-order valence-electron chi connectivity index (χ0n) is 11.9. The van der Waals surface area contributed by atoms with Crippen molar-refractivity contribution in [1.29, 1.82) is 0 Å². The fraction of sp³-hybridized carbons (Fsp3) is 0.562. The molecule has 21 heavy (non-hydrogen) atoms. The van der Waals surface area contributed by atoms with Crippen LogP contribution in [0.2, 0.25) is 0 Å². The fourth-order valence-corrected chi connectivity index (χ4v) is 3.92. The molecule has 1 aromatic heterocycles. The van der Waals surface area contributed by atoms with Gasteiger partial charge in [0.2, 0.25) is 5.91 Å². The van der Waals surface area contributed by atoms with Gasteiger partial charge in [-0.25, -0.2) is 0 Å². The Kier molecular flexibility index (Phi) is 3.90. The number of aliphatic carboxylic acids is 1. The van der Waals surface area contributed by atoms with Crippen molar-refractivity contribution in [3.63, 3.8) is 0 Å². The highest BCUT2D eigenvalue weighted by atomic mass is 16.4. The number of hydrogen-bond donors (Lipinski definition) is 2. The van der Waals surface area contributed by atoms with E-state index in [1.807, 2.05) is 12.1 Å². The number of nitrogens with zero attached hydrogens (tertiary/aromatic N) is 1. The van der Waals surface area contributed by atoms with E-state index in [4.69, 9.17) is 0 Å². The minimum Gasteiger partial charge on any atom is -0.481 e. The third-order valence-corrected chi connectivity index (χ3v) is 4.89. The molecule has 3 rings (SSSR count). The number of aromatic nitrogens is 1. The number of hydrogen-bond acceptors (Lipinski definition) is 3. The maximum atomic E-state index is 12.1. The zero-order valence-corrected chi connectivity index (χ0v) is 11.9. The van der Waals surface area contributed by atoms with E-state index >= 15 is 0 Å². The molecule has 1 amide bonds. The highest BCUT2D eigenvalue weighted by molar-refractivity contribution is 5.79. The van der Waals surface area contributed by atoms with Crippen molar-refractivity contribution < 1.29 is 14.7 Å². The van der Waals surface area contributed by atoms with Gasteiger partial charge in [0.25, 0.3) is 0 Å². The predicted molar refractivity (Wildman–Crippen MR) is 76.4 cm³/mol. The van der Waals surface area contributed by atoms with Crippen LogP contribution in [0.1, 0.15) is 31.2 Å². The van der Waals surface area contributed by atoms with E-state index in [-0.39, 0.29) is 17.9 Å². The smallest absolute Gasteiger partial charge is 0.308 e. The van der Waals surface area contributed by atoms with Gasteiger partial charge < -0.3 is 10.4 Å². The van der Waals surface area contributed by atoms with Crippen LogP contribution in [0.15, 0.2) is 24.5 Å². The van der Waals surface area contributed by atoms with E-state index in [9.17, 15) is 14.7 Å². The van der Waals surface area contributed by atoms with E-state index in [0.29, 0.717) is 18.8 Å². The van der Waals surface area contributed by atoms with E-state index in [1.165, 1.54) is 0 Å². The Morgan fingerprint density at radius 3 is 2.86 bits per heavy atom. The highest BCUT2D eigenvalue weighted by Gasteiger charge is 2.51. The van der Waals surface area contributed by atoms with Crippen LogP contribution >= 0.6 is 0 Å². The quantitative estimate of drug-likeness (QED) is 0.863. The van der Waals surface area contributed by atoms with Gasteiger partial charge in [-0.05, 0) is 49.1 Å². The first-order valence-corrected chi connectivity index (χ1v) is 7.56. The molecule has 112 valence electrons. The first-order valence-electron chi connectivity index (χ1n) is 7.56. The maximum absolute atomic E-state index is 12.1. The molecule has 4 atom stereocenters. The summed E-state index contributed by atoms with van der Waals surface area (Å²) in [7, 11) is 0. The van der Waals surface area contributed by atoms with Gasteiger partial charge in [-0.15, -0.1) is 0 Å². The normalized spacial score (nSPS) is 30.3. The summed E-state index contributed by atoms with van der Waals surface area (Å²) in [6, 6.07) is 3.62. The summed E-state index contributed by atoms with van der Waals surface area (Å²) in [5.74, 6) is -0.622. The van der Waals surface area contributed by atoms with E-state index in [2.05, 4.69) is 10.3 Å². The molecule has 1 aromatic rings. The Labute approximate surface area is 123 Å². The number of fused-ring (bicyclic) bond motifs is 2. The van der Waals surface area contributed by atoms with Gasteiger partial charge >= 0.3 is 5.97 Å². The summed E-state index contributed by atoms with van der Waals surface area (Å²) < 4.78 is 0. The number of aryl methyl sites for hydroxylation is 1. The molecule has 0 aromatic carbocycles. The molecule has 4 unspecified atom stereocenters. The Morgan fingerprint density at radius 2 is 2.14 bits per heavy atom. The molecule has 2 fully saturated rings. The molecule has 5 heteroatoms.